The van der Waals surface area contributed by atoms with E-state index in [1.807, 2.05) is 0 Å². The van der Waals surface area contributed by atoms with E-state index in [2.05, 4.69) is 10.5 Å². The van der Waals surface area contributed by atoms with Gasteiger partial charge in [0.1, 0.15) is 23.9 Å². The van der Waals surface area contributed by atoms with Crippen molar-refractivity contribution in [2.24, 2.45) is 0 Å². The predicted octanol–water partition coefficient (Wildman–Crippen LogP) is 5.26. The van der Waals surface area contributed by atoms with E-state index < -0.39 is 11.7 Å². The zero-order valence-electron chi connectivity index (χ0n) is 13.6. The van der Waals surface area contributed by atoms with Crippen LogP contribution in [0.15, 0.2) is 47.0 Å². The summed E-state index contributed by atoms with van der Waals surface area (Å²) in [6, 6.07) is 10.7. The number of amides is 1. The number of hydrogen-bond donors (Lipinski definition) is 1. The van der Waals surface area contributed by atoms with E-state index in [1.54, 1.807) is 31.2 Å². The lowest BCUT2D eigenvalue weighted by Crippen LogP contribution is -2.15. The topological polar surface area (TPSA) is 64.4 Å². The average Bonchev–Trinajstić information content (AvgIpc) is 2.98. The first-order chi connectivity index (χ1) is 12.4. The molecule has 5 nitrogen and oxygen atoms in total. The fourth-order valence-electron chi connectivity index (χ4n) is 2.19. The first-order valence-electron chi connectivity index (χ1n) is 7.54. The number of nitrogens with zero attached hydrogens (tertiary/aromatic N) is 1. The molecule has 1 amide bonds. The number of hydrogen-bond acceptors (Lipinski definition) is 4. The van der Waals surface area contributed by atoms with E-state index in [-0.39, 0.29) is 17.3 Å². The number of carbonyl (C=O) groups is 1. The minimum absolute atomic E-state index is 0.0805. The lowest BCUT2D eigenvalue weighted by Gasteiger charge is -2.08. The third-order valence-corrected chi connectivity index (χ3v) is 4.12. The second-order valence-corrected chi connectivity index (χ2v) is 6.24. The lowest BCUT2D eigenvalue weighted by molar-refractivity contribution is 0.101. The van der Waals surface area contributed by atoms with Crippen LogP contribution in [0.2, 0.25) is 10.0 Å². The summed E-state index contributed by atoms with van der Waals surface area (Å²) < 4.78 is 24.0. The number of rotatable bonds is 5. The molecule has 0 unspecified atom stereocenters. The second-order valence-electron chi connectivity index (χ2n) is 5.39. The highest BCUT2D eigenvalue weighted by molar-refractivity contribution is 6.31. The van der Waals surface area contributed by atoms with E-state index in [4.69, 9.17) is 32.5 Å². The standard InChI is InChI=1S/C18H13Cl2FN2O3/c1-10-14(9-25-13-5-2-11(19)3-6-13)17(23-26-10)18(24)22-12-4-7-16(21)15(20)8-12/h2-8H,9H2,1H3,(H,22,24). The molecule has 0 spiro atoms. The second kappa shape index (κ2) is 7.76. The maximum Gasteiger partial charge on any atom is 0.278 e. The molecule has 8 heteroatoms. The van der Waals surface area contributed by atoms with Gasteiger partial charge in [-0.1, -0.05) is 28.4 Å². The van der Waals surface area contributed by atoms with Gasteiger partial charge in [0, 0.05) is 10.7 Å². The molecule has 3 aromatic rings. The Balaban J connectivity index is 1.74. The van der Waals surface area contributed by atoms with Crippen molar-refractivity contribution in [2.75, 3.05) is 5.32 Å². The molecule has 1 N–H and O–H groups in total. The van der Waals surface area contributed by atoms with Crippen LogP contribution in [0.25, 0.3) is 0 Å². The highest BCUT2D eigenvalue weighted by Gasteiger charge is 2.21. The van der Waals surface area contributed by atoms with E-state index in [9.17, 15) is 9.18 Å². The quantitative estimate of drug-likeness (QED) is 0.640. The van der Waals surface area contributed by atoms with Crippen molar-refractivity contribution in [1.29, 1.82) is 0 Å². The van der Waals surface area contributed by atoms with Crippen LogP contribution in [0, 0.1) is 12.7 Å². The normalized spacial score (nSPS) is 10.6. The van der Waals surface area contributed by atoms with E-state index in [1.165, 1.54) is 12.1 Å². The monoisotopic (exact) mass is 394 g/mol. The molecule has 2 aromatic carbocycles. The zero-order valence-corrected chi connectivity index (χ0v) is 15.1. The van der Waals surface area contributed by atoms with Crippen LogP contribution in [0.4, 0.5) is 10.1 Å². The predicted molar refractivity (Wildman–Crippen MR) is 96.4 cm³/mol. The summed E-state index contributed by atoms with van der Waals surface area (Å²) in [4.78, 5) is 12.5. The molecule has 134 valence electrons. The van der Waals surface area contributed by atoms with Crippen LogP contribution < -0.4 is 10.1 Å². The maximum atomic E-state index is 13.2. The fraction of sp³-hybridized carbons (Fsp3) is 0.111. The van der Waals surface area contributed by atoms with Gasteiger partial charge in [-0.15, -0.1) is 0 Å². The number of aromatic nitrogens is 1. The minimum atomic E-state index is -0.570. The van der Waals surface area contributed by atoms with E-state index in [0.29, 0.717) is 27.8 Å². The van der Waals surface area contributed by atoms with Gasteiger partial charge in [0.15, 0.2) is 5.69 Å². The smallest absolute Gasteiger partial charge is 0.278 e. The average molecular weight is 395 g/mol. The van der Waals surface area contributed by atoms with E-state index >= 15 is 0 Å². The first kappa shape index (κ1) is 18.2. The Morgan fingerprint density at radius 2 is 1.96 bits per heavy atom. The first-order valence-corrected chi connectivity index (χ1v) is 8.29. The van der Waals surface area contributed by atoms with Crippen molar-refractivity contribution in [3.63, 3.8) is 0 Å². The maximum absolute atomic E-state index is 13.2. The van der Waals surface area contributed by atoms with E-state index in [0.717, 1.165) is 6.07 Å². The molecule has 0 saturated heterocycles. The Labute approximate surface area is 158 Å². The highest BCUT2D eigenvalue weighted by atomic mass is 35.5. The molecule has 0 fully saturated rings. The van der Waals surface area contributed by atoms with Gasteiger partial charge >= 0.3 is 0 Å². The molecular formula is C18H13Cl2FN2O3. The van der Waals surface area contributed by atoms with Crippen molar-refractivity contribution < 1.29 is 18.4 Å². The molecule has 26 heavy (non-hydrogen) atoms. The lowest BCUT2D eigenvalue weighted by atomic mass is 10.2. The van der Waals surface area contributed by atoms with Gasteiger partial charge in [-0.25, -0.2) is 4.39 Å². The Morgan fingerprint density at radius 3 is 2.65 bits per heavy atom. The van der Waals surface area contributed by atoms with Gasteiger partial charge in [-0.05, 0) is 49.4 Å². The number of ether oxygens (including phenoxy) is 1. The fourth-order valence-corrected chi connectivity index (χ4v) is 2.50. The molecule has 0 aliphatic rings. The van der Waals surface area contributed by atoms with Gasteiger partial charge < -0.3 is 14.6 Å². The molecule has 0 aliphatic carbocycles. The van der Waals surface area contributed by atoms with Crippen LogP contribution in [-0.4, -0.2) is 11.1 Å². The van der Waals surface area contributed by atoms with Crippen LogP contribution in [0.5, 0.6) is 5.75 Å². The highest BCUT2D eigenvalue weighted by Crippen LogP contribution is 2.22. The summed E-state index contributed by atoms with van der Waals surface area (Å²) in [6.45, 7) is 1.77. The van der Waals surface area contributed by atoms with Crippen LogP contribution in [-0.2, 0) is 6.61 Å². The van der Waals surface area contributed by atoms with Crippen LogP contribution in [0.3, 0.4) is 0 Å². The summed E-state index contributed by atoms with van der Waals surface area (Å²) in [5.74, 6) is -0.0360. The van der Waals surface area contributed by atoms with Gasteiger partial charge in [0.25, 0.3) is 5.91 Å². The number of anilines is 1. The van der Waals surface area contributed by atoms with Crippen LogP contribution >= 0.6 is 23.2 Å². The summed E-state index contributed by atoms with van der Waals surface area (Å²) in [5, 5.41) is 6.88. The summed E-state index contributed by atoms with van der Waals surface area (Å²) in [7, 11) is 0. The number of benzene rings is 2. The SMILES string of the molecule is Cc1onc(C(=O)Nc2ccc(F)c(Cl)c2)c1COc1ccc(Cl)cc1. The van der Waals surface area contributed by atoms with Crippen LogP contribution in [0.1, 0.15) is 21.8 Å². The van der Waals surface area contributed by atoms with Gasteiger partial charge in [0.2, 0.25) is 0 Å². The molecule has 0 atom stereocenters. The Hall–Kier alpha value is -2.57. The number of aryl methyl sites for hydroxylation is 1. The van der Waals surface area contributed by atoms with Gasteiger partial charge in [0.05, 0.1) is 10.6 Å². The third-order valence-electron chi connectivity index (χ3n) is 3.57. The Bertz CT molecular complexity index is 942. The number of carbonyl (C=O) groups excluding carboxylic acids is 1. The van der Waals surface area contributed by atoms with Crippen molar-refractivity contribution in [3.8, 4) is 5.75 Å². The molecule has 0 saturated carbocycles. The summed E-state index contributed by atoms with van der Waals surface area (Å²) in [5.41, 5.74) is 0.925. The molecule has 0 bridgehead atoms. The molecule has 3 rings (SSSR count). The molecular weight excluding hydrogens is 382 g/mol. The summed E-state index contributed by atoms with van der Waals surface area (Å²) >= 11 is 11.6. The van der Waals surface area contributed by atoms with Gasteiger partial charge in [-0.3, -0.25) is 4.79 Å². The van der Waals surface area contributed by atoms with Crippen molar-refractivity contribution >= 4 is 34.8 Å². The molecule has 0 radical (unpaired) electrons. The van der Waals surface area contributed by atoms with Crippen molar-refractivity contribution in [3.05, 3.63) is 75.3 Å². The third kappa shape index (κ3) is 4.15. The molecule has 1 aromatic heterocycles. The van der Waals surface area contributed by atoms with Crippen molar-refractivity contribution in [1.82, 2.24) is 5.16 Å². The summed E-state index contributed by atoms with van der Waals surface area (Å²) in [6.07, 6.45) is 0. The zero-order chi connectivity index (χ0) is 18.7. The Kier molecular flexibility index (Phi) is 5.44. The number of nitrogens with one attached hydrogen (secondary N) is 1. The number of halogens is 3. The minimum Gasteiger partial charge on any atom is -0.489 e. The Morgan fingerprint density at radius 1 is 1.23 bits per heavy atom. The largest absolute Gasteiger partial charge is 0.489 e. The molecule has 1 heterocycles. The van der Waals surface area contributed by atoms with Gasteiger partial charge in [-0.2, -0.15) is 0 Å². The van der Waals surface area contributed by atoms with Crippen molar-refractivity contribution in [2.45, 2.75) is 13.5 Å². The molecule has 0 aliphatic heterocycles.